The fraction of sp³-hybridized carbons (Fsp3) is 0.571. The van der Waals surface area contributed by atoms with Crippen molar-refractivity contribution < 1.29 is 0 Å². The van der Waals surface area contributed by atoms with Crippen LogP contribution in [-0.2, 0) is 0 Å². The molecule has 1 heterocycles. The molecule has 0 aromatic heterocycles. The molecule has 0 radical (unpaired) electrons. The molecular weight excluding hydrogens is 276 g/mol. The Morgan fingerprint density at radius 2 is 2.12 bits per heavy atom. The molecule has 1 unspecified atom stereocenters. The quantitative estimate of drug-likeness (QED) is 0.901. The van der Waals surface area contributed by atoms with Gasteiger partial charge in [0.05, 0.1) is 5.69 Å². The van der Waals surface area contributed by atoms with Gasteiger partial charge in [-0.15, -0.1) is 0 Å². The molecule has 0 amide bonds. The molecule has 1 aromatic carbocycles. The third-order valence-electron chi connectivity index (χ3n) is 3.52. The first-order valence-corrected chi connectivity index (χ1v) is 6.98. The Hall–Kier alpha value is -0.540. The van der Waals surface area contributed by atoms with Gasteiger partial charge in [0.15, 0.2) is 0 Å². The first-order chi connectivity index (χ1) is 7.89. The fourth-order valence-corrected chi connectivity index (χ4v) is 3.03. The van der Waals surface area contributed by atoms with Crippen molar-refractivity contribution >= 4 is 21.6 Å². The summed E-state index contributed by atoms with van der Waals surface area (Å²) in [5.41, 5.74) is 8.80. The highest BCUT2D eigenvalue weighted by Gasteiger charge is 2.30. The fourth-order valence-electron chi connectivity index (χ4n) is 2.38. The summed E-state index contributed by atoms with van der Waals surface area (Å²) in [5.74, 6) is 0. The number of nitrogens with zero attached hydrogens (tertiary/aromatic N) is 1. The molecule has 2 rings (SSSR count). The van der Waals surface area contributed by atoms with E-state index in [9.17, 15) is 0 Å². The van der Waals surface area contributed by atoms with Gasteiger partial charge in [-0.2, -0.15) is 0 Å². The summed E-state index contributed by atoms with van der Waals surface area (Å²) in [5, 5.41) is 0. The summed E-state index contributed by atoms with van der Waals surface area (Å²) in [7, 11) is 0. The molecular formula is C14H21BrN2. The molecule has 1 saturated heterocycles. The van der Waals surface area contributed by atoms with Crippen LogP contribution in [0.2, 0.25) is 0 Å². The molecule has 17 heavy (non-hydrogen) atoms. The monoisotopic (exact) mass is 296 g/mol. The number of rotatable bonds is 2. The second-order valence-electron chi connectivity index (χ2n) is 5.84. The summed E-state index contributed by atoms with van der Waals surface area (Å²) >= 11 is 3.67. The van der Waals surface area contributed by atoms with Gasteiger partial charge in [0.2, 0.25) is 0 Å². The molecule has 2 N–H and O–H groups in total. The molecule has 2 nitrogen and oxygen atoms in total. The molecule has 1 fully saturated rings. The van der Waals surface area contributed by atoms with E-state index in [0.29, 0.717) is 5.41 Å². The lowest BCUT2D eigenvalue weighted by atomic mass is 9.93. The smallest absolute Gasteiger partial charge is 0.0511 e. The van der Waals surface area contributed by atoms with E-state index >= 15 is 0 Å². The number of anilines is 1. The van der Waals surface area contributed by atoms with Crippen molar-refractivity contribution in [1.29, 1.82) is 0 Å². The maximum Gasteiger partial charge on any atom is 0.0511 e. The van der Waals surface area contributed by atoms with Crippen molar-refractivity contribution in [3.8, 4) is 0 Å². The molecule has 1 aromatic rings. The zero-order chi connectivity index (χ0) is 12.6. The molecule has 0 bridgehead atoms. The minimum Gasteiger partial charge on any atom is -0.370 e. The summed E-state index contributed by atoms with van der Waals surface area (Å²) in [6.45, 7) is 8.95. The van der Waals surface area contributed by atoms with Crippen LogP contribution in [-0.4, -0.2) is 13.1 Å². The molecule has 0 spiro atoms. The summed E-state index contributed by atoms with van der Waals surface area (Å²) < 4.78 is 1.16. The SMILES string of the molecule is CC(N)c1ccc(N2CCC(C)(C)C2)c(Br)c1. The number of benzene rings is 1. The normalized spacial score (nSPS) is 20.6. The topological polar surface area (TPSA) is 29.3 Å². The van der Waals surface area contributed by atoms with E-state index in [1.54, 1.807) is 0 Å². The molecule has 94 valence electrons. The van der Waals surface area contributed by atoms with E-state index in [0.717, 1.165) is 17.6 Å². The van der Waals surface area contributed by atoms with E-state index in [1.807, 2.05) is 6.92 Å². The van der Waals surface area contributed by atoms with Gasteiger partial charge < -0.3 is 10.6 Å². The largest absolute Gasteiger partial charge is 0.370 e. The zero-order valence-electron chi connectivity index (χ0n) is 10.8. The average molecular weight is 297 g/mol. The van der Waals surface area contributed by atoms with Crippen molar-refractivity contribution in [2.45, 2.75) is 33.2 Å². The molecule has 1 atom stereocenters. The molecule has 1 aliphatic heterocycles. The van der Waals surface area contributed by atoms with Crippen molar-refractivity contribution in [2.24, 2.45) is 11.1 Å². The third kappa shape index (κ3) is 2.83. The van der Waals surface area contributed by atoms with Crippen molar-refractivity contribution in [3.63, 3.8) is 0 Å². The van der Waals surface area contributed by atoms with Crippen LogP contribution < -0.4 is 10.6 Å². The van der Waals surface area contributed by atoms with Gasteiger partial charge in [-0.1, -0.05) is 19.9 Å². The zero-order valence-corrected chi connectivity index (χ0v) is 12.4. The van der Waals surface area contributed by atoms with Crippen molar-refractivity contribution in [2.75, 3.05) is 18.0 Å². The van der Waals surface area contributed by atoms with Gasteiger partial charge in [0.1, 0.15) is 0 Å². The standard InChI is InChI=1S/C14H21BrN2/c1-10(16)11-4-5-13(12(15)8-11)17-7-6-14(2,3)9-17/h4-5,8,10H,6-7,9,16H2,1-3H3. The van der Waals surface area contributed by atoms with Crippen LogP contribution in [0.25, 0.3) is 0 Å². The minimum absolute atomic E-state index is 0.0929. The van der Waals surface area contributed by atoms with Crippen LogP contribution in [0.4, 0.5) is 5.69 Å². The molecule has 0 aliphatic carbocycles. The summed E-state index contributed by atoms with van der Waals surface area (Å²) in [6.07, 6.45) is 1.26. The number of hydrogen-bond acceptors (Lipinski definition) is 2. The van der Waals surface area contributed by atoms with Crippen LogP contribution in [0.15, 0.2) is 22.7 Å². The minimum atomic E-state index is 0.0929. The second kappa shape index (κ2) is 4.62. The van der Waals surface area contributed by atoms with Crippen molar-refractivity contribution in [3.05, 3.63) is 28.2 Å². The Kier molecular flexibility index (Phi) is 3.50. The Labute approximate surface area is 112 Å². The van der Waals surface area contributed by atoms with Gasteiger partial charge in [0, 0.05) is 23.6 Å². The van der Waals surface area contributed by atoms with Crippen molar-refractivity contribution in [1.82, 2.24) is 0 Å². The number of hydrogen-bond donors (Lipinski definition) is 1. The lowest BCUT2D eigenvalue weighted by Gasteiger charge is -2.23. The van der Waals surface area contributed by atoms with E-state index in [4.69, 9.17) is 5.73 Å². The van der Waals surface area contributed by atoms with Gasteiger partial charge in [0.25, 0.3) is 0 Å². The molecule has 1 aliphatic rings. The number of nitrogens with two attached hydrogens (primary N) is 1. The van der Waals surface area contributed by atoms with Gasteiger partial charge in [-0.3, -0.25) is 0 Å². The predicted molar refractivity (Wildman–Crippen MR) is 77.4 cm³/mol. The Morgan fingerprint density at radius 3 is 2.59 bits per heavy atom. The Balaban J connectivity index is 2.23. The van der Waals surface area contributed by atoms with E-state index in [2.05, 4.69) is 52.9 Å². The van der Waals surface area contributed by atoms with Crippen LogP contribution in [0.3, 0.4) is 0 Å². The maximum absolute atomic E-state index is 5.89. The van der Waals surface area contributed by atoms with Gasteiger partial charge in [-0.25, -0.2) is 0 Å². The second-order valence-corrected chi connectivity index (χ2v) is 6.69. The van der Waals surface area contributed by atoms with Gasteiger partial charge in [-0.05, 0) is 52.4 Å². The van der Waals surface area contributed by atoms with E-state index < -0.39 is 0 Å². The number of halogens is 1. The van der Waals surface area contributed by atoms with Crippen LogP contribution >= 0.6 is 15.9 Å². The highest BCUT2D eigenvalue weighted by molar-refractivity contribution is 9.10. The average Bonchev–Trinajstić information content (AvgIpc) is 2.58. The van der Waals surface area contributed by atoms with Crippen LogP contribution in [0, 0.1) is 5.41 Å². The highest BCUT2D eigenvalue weighted by atomic mass is 79.9. The first kappa shape index (κ1) is 12.9. The molecule has 3 heteroatoms. The first-order valence-electron chi connectivity index (χ1n) is 6.19. The summed E-state index contributed by atoms with van der Waals surface area (Å²) in [4.78, 5) is 2.45. The Morgan fingerprint density at radius 1 is 1.41 bits per heavy atom. The third-order valence-corrected chi connectivity index (χ3v) is 4.15. The lowest BCUT2D eigenvalue weighted by Crippen LogP contribution is -2.23. The predicted octanol–water partition coefficient (Wildman–Crippen LogP) is 3.71. The van der Waals surface area contributed by atoms with E-state index in [-0.39, 0.29) is 6.04 Å². The molecule has 0 saturated carbocycles. The van der Waals surface area contributed by atoms with E-state index in [1.165, 1.54) is 17.7 Å². The maximum atomic E-state index is 5.89. The van der Waals surface area contributed by atoms with Gasteiger partial charge >= 0.3 is 0 Å². The highest BCUT2D eigenvalue weighted by Crippen LogP contribution is 2.36. The van der Waals surface area contributed by atoms with Crippen LogP contribution in [0.1, 0.15) is 38.8 Å². The Bertz CT molecular complexity index is 413. The van der Waals surface area contributed by atoms with Crippen LogP contribution in [0.5, 0.6) is 0 Å². The summed E-state index contributed by atoms with van der Waals surface area (Å²) in [6, 6.07) is 6.56. The lowest BCUT2D eigenvalue weighted by molar-refractivity contribution is 0.418.